The Hall–Kier alpha value is -0.210. The van der Waals surface area contributed by atoms with E-state index in [0.717, 1.165) is 17.6 Å². The molecule has 0 aliphatic carbocycles. The monoisotopic (exact) mass is 343 g/mol. The molecule has 106 valence electrons. The highest BCUT2D eigenvalue weighted by Gasteiger charge is 2.31. The van der Waals surface area contributed by atoms with Gasteiger partial charge in [0.15, 0.2) is 0 Å². The fraction of sp³-hybridized carbons (Fsp3) is 0.625. The van der Waals surface area contributed by atoms with Crippen LogP contribution >= 0.6 is 27.5 Å². The molecule has 0 unspecified atom stereocenters. The predicted molar refractivity (Wildman–Crippen MR) is 88.2 cm³/mol. The quantitative estimate of drug-likeness (QED) is 0.643. The van der Waals surface area contributed by atoms with Crippen molar-refractivity contribution in [2.24, 2.45) is 5.41 Å². The van der Waals surface area contributed by atoms with Gasteiger partial charge in [-0.25, -0.2) is 0 Å². The van der Waals surface area contributed by atoms with Gasteiger partial charge in [0.05, 0.1) is 0 Å². The molecule has 2 rings (SSSR count). The zero-order valence-electron chi connectivity index (χ0n) is 11.9. The highest BCUT2D eigenvalue weighted by molar-refractivity contribution is 9.10. The minimum absolute atomic E-state index is 0.576. The van der Waals surface area contributed by atoms with Crippen LogP contribution in [0.1, 0.15) is 45.1 Å². The molecule has 1 aromatic carbocycles. The van der Waals surface area contributed by atoms with Crippen LogP contribution in [0.2, 0.25) is 0 Å². The minimum Gasteiger partial charge on any atom is -0.371 e. The van der Waals surface area contributed by atoms with E-state index in [2.05, 4.69) is 52.9 Å². The molecule has 3 heteroatoms. The third-order valence-electron chi connectivity index (χ3n) is 4.85. The Kier molecular flexibility index (Phi) is 5.19. The number of alkyl halides is 1. The van der Waals surface area contributed by atoms with E-state index in [-0.39, 0.29) is 0 Å². The highest BCUT2D eigenvalue weighted by Crippen LogP contribution is 2.40. The molecule has 1 saturated heterocycles. The van der Waals surface area contributed by atoms with E-state index in [0.29, 0.717) is 11.3 Å². The van der Waals surface area contributed by atoms with Crippen LogP contribution in [-0.2, 0) is 5.88 Å². The van der Waals surface area contributed by atoms with Gasteiger partial charge in [0.1, 0.15) is 0 Å². The molecule has 1 aliphatic heterocycles. The Labute approximate surface area is 130 Å². The molecule has 1 fully saturated rings. The van der Waals surface area contributed by atoms with Crippen molar-refractivity contribution < 1.29 is 0 Å². The molecular weight excluding hydrogens is 322 g/mol. The molecule has 0 bridgehead atoms. The summed E-state index contributed by atoms with van der Waals surface area (Å²) in [4.78, 5) is 2.51. The summed E-state index contributed by atoms with van der Waals surface area (Å²) in [5, 5.41) is 0. The number of benzene rings is 1. The molecule has 1 aliphatic rings. The summed E-state index contributed by atoms with van der Waals surface area (Å²) in [6, 6.07) is 6.46. The van der Waals surface area contributed by atoms with Gasteiger partial charge in [-0.3, -0.25) is 0 Å². The van der Waals surface area contributed by atoms with Crippen molar-refractivity contribution >= 4 is 33.2 Å². The lowest BCUT2D eigenvalue weighted by Crippen LogP contribution is -2.40. The summed E-state index contributed by atoms with van der Waals surface area (Å²) in [5.41, 5.74) is 3.13. The molecule has 0 spiro atoms. The fourth-order valence-electron chi connectivity index (χ4n) is 3.15. The van der Waals surface area contributed by atoms with Crippen LogP contribution in [0, 0.1) is 5.41 Å². The average molecular weight is 345 g/mol. The lowest BCUT2D eigenvalue weighted by molar-refractivity contribution is 0.199. The number of piperidine rings is 1. The number of hydrogen-bond acceptors (Lipinski definition) is 1. The molecular formula is C16H23BrClN. The molecule has 0 saturated carbocycles. The number of anilines is 1. The summed E-state index contributed by atoms with van der Waals surface area (Å²) >= 11 is 9.61. The number of halogens is 2. The second-order valence-corrected chi connectivity index (χ2v) is 6.78. The van der Waals surface area contributed by atoms with Gasteiger partial charge in [-0.2, -0.15) is 0 Å². The lowest BCUT2D eigenvalue weighted by Gasteiger charge is -2.42. The van der Waals surface area contributed by atoms with Gasteiger partial charge in [0, 0.05) is 29.1 Å². The smallest absolute Gasteiger partial charge is 0.0494 e. The highest BCUT2D eigenvalue weighted by atomic mass is 79.9. The van der Waals surface area contributed by atoms with E-state index < -0.39 is 0 Å². The first-order valence-corrected chi connectivity index (χ1v) is 8.56. The molecule has 0 radical (unpaired) electrons. The summed E-state index contributed by atoms with van der Waals surface area (Å²) in [6.07, 6.45) is 5.22. The topological polar surface area (TPSA) is 3.24 Å². The van der Waals surface area contributed by atoms with Crippen LogP contribution in [0.3, 0.4) is 0 Å². The summed E-state index contributed by atoms with van der Waals surface area (Å²) in [7, 11) is 0. The Balaban J connectivity index is 2.13. The van der Waals surface area contributed by atoms with E-state index in [9.17, 15) is 0 Å². The van der Waals surface area contributed by atoms with Crippen LogP contribution in [0.15, 0.2) is 22.7 Å². The van der Waals surface area contributed by atoms with Crippen molar-refractivity contribution in [2.75, 3.05) is 18.0 Å². The first-order valence-electron chi connectivity index (χ1n) is 7.23. The van der Waals surface area contributed by atoms with Crippen LogP contribution in [0.5, 0.6) is 0 Å². The second-order valence-electron chi connectivity index (χ2n) is 5.60. The Morgan fingerprint density at radius 3 is 2.37 bits per heavy atom. The maximum atomic E-state index is 6.09. The molecule has 0 N–H and O–H groups in total. The Morgan fingerprint density at radius 1 is 1.21 bits per heavy atom. The van der Waals surface area contributed by atoms with Crippen molar-refractivity contribution in [2.45, 2.75) is 45.4 Å². The van der Waals surface area contributed by atoms with E-state index in [1.165, 1.54) is 36.9 Å². The normalized spacial score (nSPS) is 18.6. The number of hydrogen-bond donors (Lipinski definition) is 0. The number of nitrogens with zero attached hydrogens (tertiary/aromatic N) is 1. The van der Waals surface area contributed by atoms with Gasteiger partial charge in [-0.1, -0.05) is 42.6 Å². The van der Waals surface area contributed by atoms with E-state index in [1.807, 2.05) is 0 Å². The molecule has 0 aromatic heterocycles. The van der Waals surface area contributed by atoms with Gasteiger partial charge in [0.2, 0.25) is 0 Å². The first kappa shape index (κ1) is 15.2. The number of rotatable bonds is 4. The SMILES string of the molecule is CCC1(CC)CCN(c2ccc(Br)cc2CCl)CC1. The molecule has 0 atom stereocenters. The van der Waals surface area contributed by atoms with Crippen LogP contribution in [0.4, 0.5) is 5.69 Å². The summed E-state index contributed by atoms with van der Waals surface area (Å²) in [6.45, 7) is 6.99. The van der Waals surface area contributed by atoms with Gasteiger partial charge < -0.3 is 4.90 Å². The predicted octanol–water partition coefficient (Wildman–Crippen LogP) is 5.59. The Bertz CT molecular complexity index is 419. The largest absolute Gasteiger partial charge is 0.371 e. The van der Waals surface area contributed by atoms with Crippen molar-refractivity contribution in [1.29, 1.82) is 0 Å². The van der Waals surface area contributed by atoms with Gasteiger partial charge in [0.25, 0.3) is 0 Å². The third kappa shape index (κ3) is 3.28. The van der Waals surface area contributed by atoms with Crippen molar-refractivity contribution in [1.82, 2.24) is 0 Å². The third-order valence-corrected chi connectivity index (χ3v) is 5.63. The van der Waals surface area contributed by atoms with Crippen molar-refractivity contribution in [3.8, 4) is 0 Å². The van der Waals surface area contributed by atoms with Crippen molar-refractivity contribution in [3.63, 3.8) is 0 Å². The Morgan fingerprint density at radius 2 is 1.84 bits per heavy atom. The standard InChI is InChI=1S/C16H23BrClN/c1-3-16(4-2)7-9-19(10-8-16)15-6-5-14(17)11-13(15)12-18/h5-6,11H,3-4,7-10,12H2,1-2H3. The molecule has 1 heterocycles. The maximum Gasteiger partial charge on any atom is 0.0494 e. The zero-order valence-corrected chi connectivity index (χ0v) is 14.2. The molecule has 1 nitrogen and oxygen atoms in total. The van der Waals surface area contributed by atoms with Gasteiger partial charge in [-0.15, -0.1) is 11.6 Å². The van der Waals surface area contributed by atoms with Crippen LogP contribution in [-0.4, -0.2) is 13.1 Å². The first-order chi connectivity index (χ1) is 9.14. The van der Waals surface area contributed by atoms with Gasteiger partial charge >= 0.3 is 0 Å². The van der Waals surface area contributed by atoms with E-state index in [4.69, 9.17) is 11.6 Å². The fourth-order valence-corrected chi connectivity index (χ4v) is 3.77. The molecule has 0 amide bonds. The maximum absolute atomic E-state index is 6.09. The van der Waals surface area contributed by atoms with Crippen LogP contribution in [0.25, 0.3) is 0 Å². The summed E-state index contributed by atoms with van der Waals surface area (Å²) < 4.78 is 1.11. The van der Waals surface area contributed by atoms with E-state index in [1.54, 1.807) is 0 Å². The lowest BCUT2D eigenvalue weighted by atomic mass is 9.74. The molecule has 1 aromatic rings. The zero-order chi connectivity index (χ0) is 13.9. The van der Waals surface area contributed by atoms with Crippen molar-refractivity contribution in [3.05, 3.63) is 28.2 Å². The molecule has 19 heavy (non-hydrogen) atoms. The summed E-state index contributed by atoms with van der Waals surface area (Å²) in [5.74, 6) is 0.581. The average Bonchev–Trinajstić information content (AvgIpc) is 2.47. The minimum atomic E-state index is 0.576. The van der Waals surface area contributed by atoms with E-state index >= 15 is 0 Å². The van der Waals surface area contributed by atoms with Crippen LogP contribution < -0.4 is 4.90 Å². The van der Waals surface area contributed by atoms with Gasteiger partial charge in [-0.05, 0) is 42.0 Å². The second kappa shape index (κ2) is 6.49.